The van der Waals surface area contributed by atoms with Crippen LogP contribution in [0.4, 0.5) is 17.6 Å². The Bertz CT molecular complexity index is 844. The van der Waals surface area contributed by atoms with E-state index >= 15 is 0 Å². The van der Waals surface area contributed by atoms with E-state index in [9.17, 15) is 0 Å². The van der Waals surface area contributed by atoms with Crippen molar-refractivity contribution in [2.75, 3.05) is 41.3 Å². The molecule has 7 heteroatoms. The van der Waals surface area contributed by atoms with Crippen molar-refractivity contribution in [2.45, 2.75) is 45.6 Å². The highest BCUT2D eigenvalue weighted by molar-refractivity contribution is 7.80. The van der Waals surface area contributed by atoms with Crippen LogP contribution in [0.5, 0.6) is 0 Å². The Hall–Kier alpha value is -2.41. The van der Waals surface area contributed by atoms with E-state index in [1.807, 2.05) is 18.2 Å². The highest BCUT2D eigenvalue weighted by atomic mass is 32.1. The zero-order valence-electron chi connectivity index (χ0n) is 18.0. The van der Waals surface area contributed by atoms with Crippen molar-refractivity contribution >= 4 is 34.9 Å². The van der Waals surface area contributed by atoms with Crippen LogP contribution in [0, 0.1) is 5.92 Å². The minimum absolute atomic E-state index is 0.107. The lowest BCUT2D eigenvalue weighted by atomic mass is 9.99. The average Bonchev–Trinajstić information content (AvgIpc) is 3.29. The van der Waals surface area contributed by atoms with Crippen molar-refractivity contribution in [2.24, 2.45) is 5.92 Å². The number of anilines is 3. The number of hydrogen-bond acceptors (Lipinski definition) is 5. The minimum Gasteiger partial charge on any atom is -0.356 e. The second-order valence-corrected chi connectivity index (χ2v) is 8.91. The first-order valence-corrected chi connectivity index (χ1v) is 11.5. The average molecular weight is 425 g/mol. The standard InChI is InChI=1S/C23H32N6S/c1-17-10-14-29(15-11-17)21-16-20(28-12-6-7-13-28)25-22(26-21)27-23(30)24-18(2)19-8-4-3-5-9-19/h3-5,8-9,16-18H,6-7,10-15H2,1-2H3,(H2,24,25,26,27,30)/t18-/m0/s1. The van der Waals surface area contributed by atoms with Gasteiger partial charge in [-0.25, -0.2) is 0 Å². The minimum atomic E-state index is 0.107. The van der Waals surface area contributed by atoms with Gasteiger partial charge in [-0.15, -0.1) is 0 Å². The number of nitrogens with one attached hydrogen (secondary N) is 2. The summed E-state index contributed by atoms with van der Waals surface area (Å²) in [6.07, 6.45) is 4.86. The normalized spacial score (nSPS) is 18.3. The fourth-order valence-corrected chi connectivity index (χ4v) is 4.41. The molecular formula is C23H32N6S. The van der Waals surface area contributed by atoms with E-state index in [1.54, 1.807) is 0 Å². The van der Waals surface area contributed by atoms with Crippen LogP contribution in [-0.2, 0) is 0 Å². The molecule has 3 heterocycles. The van der Waals surface area contributed by atoms with E-state index in [1.165, 1.54) is 31.2 Å². The highest BCUT2D eigenvalue weighted by Crippen LogP contribution is 2.27. The van der Waals surface area contributed by atoms with Gasteiger partial charge in [-0.05, 0) is 56.3 Å². The van der Waals surface area contributed by atoms with Gasteiger partial charge in [0, 0.05) is 32.2 Å². The smallest absolute Gasteiger partial charge is 0.232 e. The van der Waals surface area contributed by atoms with Crippen molar-refractivity contribution in [3.05, 3.63) is 42.0 Å². The first-order valence-electron chi connectivity index (χ1n) is 11.1. The fourth-order valence-electron chi connectivity index (χ4n) is 4.15. The molecule has 0 radical (unpaired) electrons. The topological polar surface area (TPSA) is 56.3 Å². The van der Waals surface area contributed by atoms with Gasteiger partial charge in [0.15, 0.2) is 5.11 Å². The summed E-state index contributed by atoms with van der Waals surface area (Å²) < 4.78 is 0. The Morgan fingerprint density at radius 3 is 2.23 bits per heavy atom. The van der Waals surface area contributed by atoms with Crippen LogP contribution in [0.3, 0.4) is 0 Å². The van der Waals surface area contributed by atoms with Gasteiger partial charge >= 0.3 is 0 Å². The second kappa shape index (κ2) is 9.60. The van der Waals surface area contributed by atoms with Crippen LogP contribution >= 0.6 is 12.2 Å². The summed E-state index contributed by atoms with van der Waals surface area (Å²) in [5, 5.41) is 7.14. The maximum atomic E-state index is 5.58. The molecule has 0 bridgehead atoms. The Labute approximate surface area is 185 Å². The van der Waals surface area contributed by atoms with Crippen molar-refractivity contribution < 1.29 is 0 Å². The molecule has 0 spiro atoms. The number of hydrogen-bond donors (Lipinski definition) is 2. The van der Waals surface area contributed by atoms with Gasteiger partial charge in [0.1, 0.15) is 11.6 Å². The fraction of sp³-hybridized carbons (Fsp3) is 0.522. The predicted molar refractivity (Wildman–Crippen MR) is 128 cm³/mol. The van der Waals surface area contributed by atoms with E-state index < -0.39 is 0 Å². The first-order chi connectivity index (χ1) is 14.6. The summed E-state index contributed by atoms with van der Waals surface area (Å²) in [5.74, 6) is 3.36. The third-order valence-electron chi connectivity index (χ3n) is 6.11. The number of benzene rings is 1. The molecule has 2 fully saturated rings. The number of piperidine rings is 1. The maximum absolute atomic E-state index is 5.58. The van der Waals surface area contributed by atoms with Crippen LogP contribution in [0.15, 0.2) is 36.4 Å². The SMILES string of the molecule is CC1CCN(c2cc(N3CCCC3)nc(NC(=S)N[C@@H](C)c3ccccc3)n2)CC1. The van der Waals surface area contributed by atoms with E-state index in [4.69, 9.17) is 22.2 Å². The number of nitrogens with zero attached hydrogens (tertiary/aromatic N) is 4. The molecule has 2 aromatic rings. The van der Waals surface area contributed by atoms with Crippen molar-refractivity contribution in [3.63, 3.8) is 0 Å². The van der Waals surface area contributed by atoms with Gasteiger partial charge in [0.2, 0.25) is 5.95 Å². The third kappa shape index (κ3) is 5.19. The largest absolute Gasteiger partial charge is 0.356 e. The molecule has 4 rings (SSSR count). The maximum Gasteiger partial charge on any atom is 0.232 e. The van der Waals surface area contributed by atoms with Crippen molar-refractivity contribution in [1.29, 1.82) is 0 Å². The molecule has 2 saturated heterocycles. The molecule has 160 valence electrons. The molecular weight excluding hydrogens is 392 g/mol. The molecule has 30 heavy (non-hydrogen) atoms. The van der Waals surface area contributed by atoms with Crippen LogP contribution in [-0.4, -0.2) is 41.3 Å². The highest BCUT2D eigenvalue weighted by Gasteiger charge is 2.21. The number of rotatable bonds is 5. The summed E-state index contributed by atoms with van der Waals surface area (Å²) in [4.78, 5) is 14.4. The van der Waals surface area contributed by atoms with Gasteiger partial charge < -0.3 is 20.4 Å². The summed E-state index contributed by atoms with van der Waals surface area (Å²) in [6.45, 7) is 8.64. The van der Waals surface area contributed by atoms with Crippen molar-refractivity contribution in [1.82, 2.24) is 15.3 Å². The predicted octanol–water partition coefficient (Wildman–Crippen LogP) is 4.36. The van der Waals surface area contributed by atoms with E-state index in [-0.39, 0.29) is 6.04 Å². The van der Waals surface area contributed by atoms with E-state index in [0.717, 1.165) is 43.7 Å². The monoisotopic (exact) mass is 424 g/mol. The van der Waals surface area contributed by atoms with Gasteiger partial charge in [0.05, 0.1) is 6.04 Å². The zero-order valence-corrected chi connectivity index (χ0v) is 18.8. The molecule has 6 nitrogen and oxygen atoms in total. The molecule has 0 saturated carbocycles. The Balaban J connectivity index is 1.50. The number of aromatic nitrogens is 2. The van der Waals surface area contributed by atoms with Gasteiger partial charge in [0.25, 0.3) is 0 Å². The summed E-state index contributed by atoms with van der Waals surface area (Å²) in [6, 6.07) is 12.6. The zero-order chi connectivity index (χ0) is 20.9. The van der Waals surface area contributed by atoms with E-state index in [2.05, 4.69) is 52.5 Å². The lowest BCUT2D eigenvalue weighted by Gasteiger charge is -2.32. The molecule has 0 unspecified atom stereocenters. The van der Waals surface area contributed by atoms with Gasteiger partial charge in [-0.3, -0.25) is 0 Å². The Morgan fingerprint density at radius 2 is 1.60 bits per heavy atom. The summed E-state index contributed by atoms with van der Waals surface area (Å²) >= 11 is 5.58. The first kappa shape index (κ1) is 20.8. The lowest BCUT2D eigenvalue weighted by Crippen LogP contribution is -2.35. The molecule has 2 aliphatic rings. The molecule has 1 aromatic carbocycles. The second-order valence-electron chi connectivity index (χ2n) is 8.50. The van der Waals surface area contributed by atoms with E-state index in [0.29, 0.717) is 11.1 Å². The van der Waals surface area contributed by atoms with Crippen LogP contribution in [0.1, 0.15) is 51.1 Å². The van der Waals surface area contributed by atoms with Crippen LogP contribution in [0.25, 0.3) is 0 Å². The lowest BCUT2D eigenvalue weighted by molar-refractivity contribution is 0.436. The molecule has 0 aliphatic carbocycles. The quantitative estimate of drug-likeness (QED) is 0.692. The summed E-state index contributed by atoms with van der Waals surface area (Å²) in [7, 11) is 0. The van der Waals surface area contributed by atoms with Crippen LogP contribution < -0.4 is 20.4 Å². The Kier molecular flexibility index (Phi) is 6.67. The number of thiocarbonyl (C=S) groups is 1. The molecule has 1 atom stereocenters. The van der Waals surface area contributed by atoms with Crippen LogP contribution in [0.2, 0.25) is 0 Å². The molecule has 1 aromatic heterocycles. The summed E-state index contributed by atoms with van der Waals surface area (Å²) in [5.41, 5.74) is 1.19. The van der Waals surface area contributed by atoms with Gasteiger partial charge in [-0.1, -0.05) is 37.3 Å². The Morgan fingerprint density at radius 1 is 1.00 bits per heavy atom. The third-order valence-corrected chi connectivity index (χ3v) is 6.33. The molecule has 2 aliphatic heterocycles. The molecule has 0 amide bonds. The molecule has 2 N–H and O–H groups in total. The van der Waals surface area contributed by atoms with Crippen molar-refractivity contribution in [3.8, 4) is 0 Å². The van der Waals surface area contributed by atoms with Gasteiger partial charge in [-0.2, -0.15) is 9.97 Å².